The molecule has 2 atom stereocenters. The summed E-state index contributed by atoms with van der Waals surface area (Å²) in [4.78, 5) is 0.755. The van der Waals surface area contributed by atoms with E-state index >= 15 is 0 Å². The van der Waals surface area contributed by atoms with Gasteiger partial charge in [-0.3, -0.25) is 0 Å². The van der Waals surface area contributed by atoms with Crippen LogP contribution in [-0.4, -0.2) is 11.8 Å². The third-order valence-corrected chi connectivity index (χ3v) is 3.51. The van der Waals surface area contributed by atoms with E-state index in [1.807, 2.05) is 5.38 Å². The summed E-state index contributed by atoms with van der Waals surface area (Å²) in [7, 11) is 0. The molecule has 0 aromatic carbocycles. The Labute approximate surface area is 78.2 Å². The Morgan fingerprint density at radius 3 is 2.75 bits per heavy atom. The van der Waals surface area contributed by atoms with E-state index in [1.54, 1.807) is 12.1 Å². The van der Waals surface area contributed by atoms with Crippen LogP contribution in [-0.2, 0) is 0 Å². The van der Waals surface area contributed by atoms with Gasteiger partial charge in [-0.2, -0.15) is 0 Å². The Kier molecular flexibility index (Phi) is 1.88. The van der Waals surface area contributed by atoms with E-state index in [-0.39, 0.29) is 5.88 Å². The first kappa shape index (κ1) is 8.45. The highest BCUT2D eigenvalue weighted by Gasteiger charge is 2.68. The van der Waals surface area contributed by atoms with Crippen molar-refractivity contribution in [1.29, 1.82) is 0 Å². The lowest BCUT2D eigenvalue weighted by atomic mass is 10.3. The molecule has 1 saturated carbocycles. The lowest BCUT2D eigenvalue weighted by molar-refractivity contribution is 0.0973. The van der Waals surface area contributed by atoms with Crippen LogP contribution < -0.4 is 0 Å². The topological polar surface area (TPSA) is 0 Å². The Hall–Kier alpha value is -0.150. The molecule has 1 aromatic rings. The molecule has 0 aliphatic heterocycles. The summed E-state index contributed by atoms with van der Waals surface area (Å²) in [6.07, 6.45) is 0. The number of hydrogen-bond acceptors (Lipinski definition) is 1. The minimum absolute atomic E-state index is 0.0512. The van der Waals surface area contributed by atoms with Crippen LogP contribution in [0.5, 0.6) is 0 Å². The first-order valence-corrected chi connectivity index (χ1v) is 5.06. The summed E-state index contributed by atoms with van der Waals surface area (Å²) in [5, 5.41) is 1.81. The molecule has 0 spiro atoms. The first-order valence-electron chi connectivity index (χ1n) is 3.65. The zero-order valence-corrected chi connectivity index (χ0v) is 7.71. The molecule has 12 heavy (non-hydrogen) atoms. The van der Waals surface area contributed by atoms with Gasteiger partial charge in [0.15, 0.2) is 0 Å². The van der Waals surface area contributed by atoms with Gasteiger partial charge in [0.2, 0.25) is 0 Å². The number of hydrogen-bond donors (Lipinski definition) is 0. The Bertz CT molecular complexity index is 271. The van der Waals surface area contributed by atoms with Crippen LogP contribution in [0.25, 0.3) is 0 Å². The number of thiophene rings is 1. The predicted molar refractivity (Wildman–Crippen MR) is 46.2 cm³/mol. The molecular weight excluding hydrogens is 202 g/mol. The minimum atomic E-state index is -2.56. The maximum Gasteiger partial charge on any atom is 0.260 e. The van der Waals surface area contributed by atoms with Gasteiger partial charge in [0.05, 0.1) is 11.8 Å². The third-order valence-electron chi connectivity index (χ3n) is 2.22. The molecule has 0 bridgehead atoms. The molecule has 1 fully saturated rings. The highest BCUT2D eigenvalue weighted by Crippen LogP contribution is 2.62. The maximum atomic E-state index is 12.9. The van der Waals surface area contributed by atoms with Crippen molar-refractivity contribution < 1.29 is 8.78 Å². The fourth-order valence-corrected chi connectivity index (χ4v) is 2.76. The SMILES string of the molecule is FC1(F)C(CCl)C1c1cccs1. The minimum Gasteiger partial charge on any atom is -0.206 e. The normalized spacial score (nSPS) is 31.9. The van der Waals surface area contributed by atoms with Crippen molar-refractivity contribution in [2.24, 2.45) is 5.92 Å². The molecule has 0 saturated heterocycles. The van der Waals surface area contributed by atoms with Gasteiger partial charge in [0.1, 0.15) is 0 Å². The average Bonchev–Trinajstić information content (AvgIpc) is 2.50. The largest absolute Gasteiger partial charge is 0.260 e. The van der Waals surface area contributed by atoms with Crippen molar-refractivity contribution in [1.82, 2.24) is 0 Å². The highest BCUT2D eigenvalue weighted by atomic mass is 35.5. The van der Waals surface area contributed by atoms with E-state index < -0.39 is 17.8 Å². The Morgan fingerprint density at radius 2 is 2.33 bits per heavy atom. The Balaban J connectivity index is 2.19. The van der Waals surface area contributed by atoms with E-state index in [2.05, 4.69) is 0 Å². The summed E-state index contributed by atoms with van der Waals surface area (Å²) in [6, 6.07) is 3.54. The van der Waals surface area contributed by atoms with Gasteiger partial charge in [0, 0.05) is 10.8 Å². The maximum absolute atomic E-state index is 12.9. The van der Waals surface area contributed by atoms with Crippen molar-refractivity contribution in [3.05, 3.63) is 22.4 Å². The molecule has 66 valence electrons. The van der Waals surface area contributed by atoms with Crippen LogP contribution in [0.15, 0.2) is 17.5 Å². The van der Waals surface area contributed by atoms with Crippen molar-refractivity contribution >= 4 is 22.9 Å². The second kappa shape index (κ2) is 2.67. The zero-order chi connectivity index (χ0) is 8.77. The van der Waals surface area contributed by atoms with Crippen molar-refractivity contribution in [2.45, 2.75) is 11.8 Å². The lowest BCUT2D eigenvalue weighted by Gasteiger charge is -1.90. The highest BCUT2D eigenvalue weighted by molar-refractivity contribution is 7.10. The van der Waals surface area contributed by atoms with Crippen LogP contribution in [0.4, 0.5) is 8.78 Å². The fourth-order valence-electron chi connectivity index (χ4n) is 1.44. The zero-order valence-electron chi connectivity index (χ0n) is 6.14. The summed E-state index contributed by atoms with van der Waals surface area (Å²) in [5.41, 5.74) is 0. The van der Waals surface area contributed by atoms with Crippen molar-refractivity contribution in [2.75, 3.05) is 5.88 Å². The van der Waals surface area contributed by atoms with Gasteiger partial charge < -0.3 is 0 Å². The standard InChI is InChI=1S/C8H7ClF2S/c9-4-5-7(8(5,10)11)6-2-1-3-12-6/h1-3,5,7H,4H2. The van der Waals surface area contributed by atoms with E-state index in [0.29, 0.717) is 0 Å². The van der Waals surface area contributed by atoms with E-state index in [1.165, 1.54) is 11.3 Å². The van der Waals surface area contributed by atoms with Crippen LogP contribution in [0.1, 0.15) is 10.8 Å². The van der Waals surface area contributed by atoms with Crippen molar-refractivity contribution in [3.8, 4) is 0 Å². The van der Waals surface area contributed by atoms with E-state index in [9.17, 15) is 8.78 Å². The van der Waals surface area contributed by atoms with Gasteiger partial charge in [0.25, 0.3) is 5.92 Å². The first-order chi connectivity index (χ1) is 5.68. The summed E-state index contributed by atoms with van der Waals surface area (Å²) >= 11 is 6.80. The second-order valence-corrected chi connectivity index (χ2v) is 4.22. The van der Waals surface area contributed by atoms with Gasteiger partial charge >= 0.3 is 0 Å². The quantitative estimate of drug-likeness (QED) is 0.654. The van der Waals surface area contributed by atoms with Gasteiger partial charge in [-0.05, 0) is 11.4 Å². The van der Waals surface area contributed by atoms with Crippen LogP contribution in [0, 0.1) is 5.92 Å². The molecule has 0 amide bonds. The van der Waals surface area contributed by atoms with Gasteiger partial charge in [-0.25, -0.2) is 8.78 Å². The number of rotatable bonds is 2. The van der Waals surface area contributed by atoms with Crippen LogP contribution in [0.2, 0.25) is 0 Å². The third kappa shape index (κ3) is 1.07. The van der Waals surface area contributed by atoms with E-state index in [0.717, 1.165) is 4.88 Å². The molecule has 1 aliphatic carbocycles. The molecular formula is C8H7ClF2S. The molecule has 0 N–H and O–H groups in total. The molecule has 0 nitrogen and oxygen atoms in total. The lowest BCUT2D eigenvalue weighted by Crippen LogP contribution is -1.94. The van der Waals surface area contributed by atoms with Gasteiger partial charge in [-0.15, -0.1) is 22.9 Å². The Morgan fingerprint density at radius 1 is 1.58 bits per heavy atom. The summed E-state index contributed by atoms with van der Waals surface area (Å²) < 4.78 is 25.9. The van der Waals surface area contributed by atoms with Crippen molar-refractivity contribution in [3.63, 3.8) is 0 Å². The summed E-state index contributed by atoms with van der Waals surface area (Å²) in [5.74, 6) is -3.77. The molecule has 2 unspecified atom stereocenters. The smallest absolute Gasteiger partial charge is 0.206 e. The monoisotopic (exact) mass is 208 g/mol. The average molecular weight is 209 g/mol. The van der Waals surface area contributed by atoms with Crippen LogP contribution in [0.3, 0.4) is 0 Å². The fraction of sp³-hybridized carbons (Fsp3) is 0.500. The van der Waals surface area contributed by atoms with Crippen LogP contribution >= 0.6 is 22.9 Å². The van der Waals surface area contributed by atoms with Gasteiger partial charge in [-0.1, -0.05) is 6.07 Å². The second-order valence-electron chi connectivity index (χ2n) is 2.93. The molecule has 1 heterocycles. The number of halogens is 3. The predicted octanol–water partition coefficient (Wildman–Crippen LogP) is 3.34. The molecule has 0 radical (unpaired) electrons. The van der Waals surface area contributed by atoms with E-state index in [4.69, 9.17) is 11.6 Å². The molecule has 2 rings (SSSR count). The summed E-state index contributed by atoms with van der Waals surface area (Å²) in [6.45, 7) is 0. The molecule has 1 aliphatic rings. The molecule has 4 heteroatoms. The number of alkyl halides is 3. The molecule has 1 aromatic heterocycles.